The molecule has 2 aromatic rings. The Labute approximate surface area is 143 Å². The molecule has 0 amide bonds. The van der Waals surface area contributed by atoms with E-state index in [1.807, 2.05) is 42.1 Å². The van der Waals surface area contributed by atoms with Crippen molar-refractivity contribution in [1.29, 1.82) is 0 Å². The molecule has 1 aromatic carbocycles. The maximum atomic E-state index is 12.1. The molecule has 0 aliphatic heterocycles. The fourth-order valence-electron chi connectivity index (χ4n) is 2.94. The summed E-state index contributed by atoms with van der Waals surface area (Å²) >= 11 is 0. The lowest BCUT2D eigenvalue weighted by atomic mass is 9.98. The highest BCUT2D eigenvalue weighted by molar-refractivity contribution is 7.92. The van der Waals surface area contributed by atoms with Crippen molar-refractivity contribution in [1.82, 2.24) is 14.5 Å². The van der Waals surface area contributed by atoms with Crippen LogP contribution in [0.2, 0.25) is 0 Å². The molecule has 0 unspecified atom stereocenters. The van der Waals surface area contributed by atoms with Crippen LogP contribution in [-0.4, -0.2) is 24.7 Å². The Morgan fingerprint density at radius 2 is 1.96 bits per heavy atom. The predicted octanol–water partition coefficient (Wildman–Crippen LogP) is 2.66. The number of aryl methyl sites for hydroxylation is 2. The van der Waals surface area contributed by atoms with Gasteiger partial charge in [0.15, 0.2) is 0 Å². The molecule has 3 rings (SSSR count). The van der Waals surface area contributed by atoms with Crippen LogP contribution in [0.4, 0.5) is 0 Å². The molecule has 0 saturated carbocycles. The Hall–Kier alpha value is -1.92. The summed E-state index contributed by atoms with van der Waals surface area (Å²) < 4.78 is 28.7. The molecule has 128 valence electrons. The number of sulfonamides is 1. The standard InChI is InChI=1S/C18H23N3O2S/c1-15-6-8-16(9-7-15)10-13-24(22,23)20-11-12-21-18-5-3-2-4-17(18)14-19-21/h6-10,13-14,20H,2-5,11-12H2,1H3/b13-10+. The number of hydrogen-bond acceptors (Lipinski definition) is 3. The third kappa shape index (κ3) is 4.33. The van der Waals surface area contributed by atoms with Gasteiger partial charge in [0, 0.05) is 17.6 Å². The van der Waals surface area contributed by atoms with Crippen LogP contribution in [0.5, 0.6) is 0 Å². The van der Waals surface area contributed by atoms with Gasteiger partial charge < -0.3 is 0 Å². The van der Waals surface area contributed by atoms with Gasteiger partial charge in [-0.25, -0.2) is 13.1 Å². The van der Waals surface area contributed by atoms with Gasteiger partial charge >= 0.3 is 0 Å². The first-order valence-corrected chi connectivity index (χ1v) is 9.86. The van der Waals surface area contributed by atoms with E-state index in [9.17, 15) is 8.42 Å². The van der Waals surface area contributed by atoms with Crippen molar-refractivity contribution in [3.8, 4) is 0 Å². The predicted molar refractivity (Wildman–Crippen MR) is 96.0 cm³/mol. The molecule has 1 aliphatic rings. The van der Waals surface area contributed by atoms with Crippen molar-refractivity contribution in [2.75, 3.05) is 6.54 Å². The lowest BCUT2D eigenvalue weighted by Gasteiger charge is -2.13. The van der Waals surface area contributed by atoms with Crippen LogP contribution < -0.4 is 4.72 Å². The van der Waals surface area contributed by atoms with Crippen molar-refractivity contribution in [3.05, 3.63) is 58.3 Å². The fourth-order valence-corrected chi connectivity index (χ4v) is 3.74. The maximum Gasteiger partial charge on any atom is 0.233 e. The number of nitrogens with one attached hydrogen (secondary N) is 1. The average molecular weight is 345 g/mol. The number of hydrogen-bond donors (Lipinski definition) is 1. The van der Waals surface area contributed by atoms with Crippen molar-refractivity contribution in [2.45, 2.75) is 39.2 Å². The molecule has 1 heterocycles. The smallest absolute Gasteiger partial charge is 0.233 e. The average Bonchev–Trinajstić information content (AvgIpc) is 2.98. The largest absolute Gasteiger partial charge is 0.268 e. The van der Waals surface area contributed by atoms with E-state index in [0.717, 1.165) is 24.0 Å². The fraction of sp³-hybridized carbons (Fsp3) is 0.389. The quantitative estimate of drug-likeness (QED) is 0.875. The van der Waals surface area contributed by atoms with Gasteiger partial charge in [-0.15, -0.1) is 0 Å². The van der Waals surface area contributed by atoms with Gasteiger partial charge in [-0.2, -0.15) is 5.10 Å². The summed E-state index contributed by atoms with van der Waals surface area (Å²) in [6.45, 7) is 2.90. The van der Waals surface area contributed by atoms with E-state index < -0.39 is 10.0 Å². The topological polar surface area (TPSA) is 64.0 Å². The van der Waals surface area contributed by atoms with E-state index >= 15 is 0 Å². The Balaban J connectivity index is 1.55. The van der Waals surface area contributed by atoms with E-state index in [2.05, 4.69) is 9.82 Å². The second-order valence-corrected chi connectivity index (χ2v) is 7.85. The first-order chi connectivity index (χ1) is 11.5. The summed E-state index contributed by atoms with van der Waals surface area (Å²) in [5, 5.41) is 5.60. The van der Waals surface area contributed by atoms with Gasteiger partial charge in [0.25, 0.3) is 0 Å². The third-order valence-electron chi connectivity index (χ3n) is 4.29. The van der Waals surface area contributed by atoms with Crippen molar-refractivity contribution in [3.63, 3.8) is 0 Å². The van der Waals surface area contributed by atoms with Crippen LogP contribution in [0, 0.1) is 6.92 Å². The second kappa shape index (κ2) is 7.32. The Kier molecular flexibility index (Phi) is 5.16. The monoisotopic (exact) mass is 345 g/mol. The van der Waals surface area contributed by atoms with Gasteiger partial charge in [0.2, 0.25) is 10.0 Å². The lowest BCUT2D eigenvalue weighted by Crippen LogP contribution is -2.26. The number of nitrogens with zero attached hydrogens (tertiary/aromatic N) is 2. The van der Waals surface area contributed by atoms with Crippen molar-refractivity contribution < 1.29 is 8.42 Å². The first kappa shape index (κ1) is 16.9. The number of benzene rings is 1. The van der Waals surface area contributed by atoms with E-state index in [0.29, 0.717) is 13.1 Å². The molecule has 0 fully saturated rings. The van der Waals surface area contributed by atoms with E-state index in [-0.39, 0.29) is 0 Å². The molecule has 0 spiro atoms. The van der Waals surface area contributed by atoms with Gasteiger partial charge in [-0.1, -0.05) is 29.8 Å². The lowest BCUT2D eigenvalue weighted by molar-refractivity contribution is 0.542. The van der Waals surface area contributed by atoms with Gasteiger partial charge in [-0.05, 0) is 49.8 Å². The molecule has 1 aromatic heterocycles. The molecule has 5 nitrogen and oxygen atoms in total. The van der Waals surface area contributed by atoms with E-state index in [4.69, 9.17) is 0 Å². The SMILES string of the molecule is Cc1ccc(/C=C/S(=O)(=O)NCCn2ncc3c2CCCC3)cc1. The zero-order valence-corrected chi connectivity index (χ0v) is 14.7. The molecule has 24 heavy (non-hydrogen) atoms. The van der Waals surface area contributed by atoms with Crippen LogP contribution in [0.25, 0.3) is 6.08 Å². The highest BCUT2D eigenvalue weighted by Gasteiger charge is 2.15. The van der Waals surface area contributed by atoms with Gasteiger partial charge in [0.1, 0.15) is 0 Å². The second-order valence-electron chi connectivity index (χ2n) is 6.20. The van der Waals surface area contributed by atoms with Gasteiger partial charge in [-0.3, -0.25) is 4.68 Å². The molecule has 1 N–H and O–H groups in total. The van der Waals surface area contributed by atoms with Crippen LogP contribution in [-0.2, 0) is 29.4 Å². The molecule has 0 bridgehead atoms. The summed E-state index contributed by atoms with van der Waals surface area (Å²) in [5.41, 5.74) is 4.59. The zero-order chi connectivity index (χ0) is 17.0. The summed E-state index contributed by atoms with van der Waals surface area (Å²) in [5.74, 6) is 0. The highest BCUT2D eigenvalue weighted by Crippen LogP contribution is 2.20. The molecule has 6 heteroatoms. The van der Waals surface area contributed by atoms with Crippen LogP contribution in [0.1, 0.15) is 35.2 Å². The highest BCUT2D eigenvalue weighted by atomic mass is 32.2. The Morgan fingerprint density at radius 3 is 2.75 bits per heavy atom. The Bertz CT molecular complexity index is 820. The van der Waals surface area contributed by atoms with Crippen molar-refractivity contribution in [2.24, 2.45) is 0 Å². The number of rotatable bonds is 6. The summed E-state index contributed by atoms with van der Waals surface area (Å²) in [4.78, 5) is 0. The third-order valence-corrected chi connectivity index (χ3v) is 5.39. The van der Waals surface area contributed by atoms with Crippen LogP contribution in [0.15, 0.2) is 35.9 Å². The van der Waals surface area contributed by atoms with Gasteiger partial charge in [0.05, 0.1) is 12.7 Å². The van der Waals surface area contributed by atoms with Crippen LogP contribution in [0.3, 0.4) is 0 Å². The minimum Gasteiger partial charge on any atom is -0.268 e. The number of aromatic nitrogens is 2. The van der Waals surface area contributed by atoms with E-state index in [1.165, 1.54) is 29.5 Å². The first-order valence-electron chi connectivity index (χ1n) is 8.31. The van der Waals surface area contributed by atoms with E-state index in [1.54, 1.807) is 6.08 Å². The molecule has 0 atom stereocenters. The molecule has 0 radical (unpaired) electrons. The summed E-state index contributed by atoms with van der Waals surface area (Å²) in [7, 11) is -3.44. The van der Waals surface area contributed by atoms with Crippen LogP contribution >= 0.6 is 0 Å². The molecule has 0 saturated heterocycles. The Morgan fingerprint density at radius 1 is 1.21 bits per heavy atom. The minimum atomic E-state index is -3.44. The maximum absolute atomic E-state index is 12.1. The molecule has 1 aliphatic carbocycles. The molecular weight excluding hydrogens is 322 g/mol. The molecular formula is C18H23N3O2S. The normalized spacial score (nSPS) is 14.9. The number of fused-ring (bicyclic) bond motifs is 1. The van der Waals surface area contributed by atoms with Crippen molar-refractivity contribution >= 4 is 16.1 Å². The summed E-state index contributed by atoms with van der Waals surface area (Å²) in [6.07, 6.45) is 8.05. The summed E-state index contributed by atoms with van der Waals surface area (Å²) in [6, 6.07) is 7.72. The minimum absolute atomic E-state index is 0.342. The zero-order valence-electron chi connectivity index (χ0n) is 13.9.